The van der Waals surface area contributed by atoms with E-state index in [1.54, 1.807) is 6.92 Å². The predicted octanol–water partition coefficient (Wildman–Crippen LogP) is -0.0255. The Kier molecular flexibility index (Phi) is 9.31. The summed E-state index contributed by atoms with van der Waals surface area (Å²) in [6, 6.07) is -0.643. The van der Waals surface area contributed by atoms with Gasteiger partial charge in [0, 0.05) is 33.6 Å². The molecule has 0 heterocycles. The highest BCUT2D eigenvalue weighted by atomic mass is 16.5. The van der Waals surface area contributed by atoms with Gasteiger partial charge in [-0.25, -0.2) is 4.79 Å². The van der Waals surface area contributed by atoms with E-state index in [1.807, 2.05) is 0 Å². The summed E-state index contributed by atoms with van der Waals surface area (Å²) >= 11 is 0. The largest absolute Gasteiger partial charge is 0.481 e. The highest BCUT2D eigenvalue weighted by molar-refractivity contribution is 5.94. The lowest BCUT2D eigenvalue weighted by Crippen LogP contribution is -2.44. The molecular weight excluding hydrogens is 268 g/mol. The number of carboxylic acid groups (broad SMARTS) is 1. The normalized spacial score (nSPS) is 13.3. The Labute approximate surface area is 117 Å². The number of carboxylic acids is 1. The molecule has 8 nitrogen and oxygen atoms in total. The van der Waals surface area contributed by atoms with Crippen molar-refractivity contribution in [3.63, 3.8) is 0 Å². The molecule has 0 aromatic carbocycles. The number of imide groups is 1. The van der Waals surface area contributed by atoms with Crippen LogP contribution in [0.3, 0.4) is 0 Å². The van der Waals surface area contributed by atoms with Gasteiger partial charge in [-0.2, -0.15) is 0 Å². The summed E-state index contributed by atoms with van der Waals surface area (Å²) in [5, 5.41) is 13.2. The maximum absolute atomic E-state index is 11.5. The second kappa shape index (κ2) is 10.2. The number of nitrogens with one attached hydrogen (secondary N) is 2. The third-order valence-electron chi connectivity index (χ3n) is 2.49. The first-order valence-electron chi connectivity index (χ1n) is 6.20. The third-order valence-corrected chi connectivity index (χ3v) is 2.49. The molecule has 0 fully saturated rings. The molecule has 0 aromatic heterocycles. The van der Waals surface area contributed by atoms with Crippen molar-refractivity contribution in [1.29, 1.82) is 0 Å². The summed E-state index contributed by atoms with van der Waals surface area (Å²) in [4.78, 5) is 33.3. The minimum atomic E-state index is -0.975. The number of aliphatic carboxylic acids is 1. The number of amides is 3. The Bertz CT molecular complexity index is 334. The molecule has 0 bridgehead atoms. The molecule has 0 aromatic rings. The zero-order valence-corrected chi connectivity index (χ0v) is 12.0. The van der Waals surface area contributed by atoms with E-state index in [0.717, 1.165) is 0 Å². The Morgan fingerprint density at radius 1 is 1.20 bits per heavy atom. The van der Waals surface area contributed by atoms with E-state index in [4.69, 9.17) is 14.6 Å². The number of hydrogen-bond acceptors (Lipinski definition) is 5. The summed E-state index contributed by atoms with van der Waals surface area (Å²) in [5.74, 6) is -1.82. The molecular formula is C12H22N2O6. The maximum Gasteiger partial charge on any atom is 0.321 e. The number of ether oxygens (including phenoxy) is 2. The summed E-state index contributed by atoms with van der Waals surface area (Å²) in [6.45, 7) is 2.15. The molecule has 3 amide bonds. The van der Waals surface area contributed by atoms with Crippen molar-refractivity contribution in [3.8, 4) is 0 Å². The lowest BCUT2D eigenvalue weighted by molar-refractivity contribution is -0.138. The fourth-order valence-corrected chi connectivity index (χ4v) is 1.51. The quantitative estimate of drug-likeness (QED) is 0.549. The van der Waals surface area contributed by atoms with Crippen LogP contribution in [0.15, 0.2) is 0 Å². The smallest absolute Gasteiger partial charge is 0.321 e. The van der Waals surface area contributed by atoms with Crippen molar-refractivity contribution >= 4 is 17.9 Å². The van der Waals surface area contributed by atoms with E-state index in [9.17, 15) is 14.4 Å². The number of urea groups is 1. The lowest BCUT2D eigenvalue weighted by atomic mass is 10.0. The molecule has 0 aliphatic carbocycles. The summed E-state index contributed by atoms with van der Waals surface area (Å²) in [6.07, 6.45) is -0.438. The fourth-order valence-electron chi connectivity index (χ4n) is 1.51. The van der Waals surface area contributed by atoms with E-state index >= 15 is 0 Å². The van der Waals surface area contributed by atoms with Gasteiger partial charge in [0.25, 0.3) is 0 Å². The number of carbonyl (C=O) groups is 3. The lowest BCUT2D eigenvalue weighted by Gasteiger charge is -2.15. The zero-order valence-electron chi connectivity index (χ0n) is 12.0. The van der Waals surface area contributed by atoms with E-state index in [-0.39, 0.29) is 31.4 Å². The van der Waals surface area contributed by atoms with Crippen LogP contribution in [-0.4, -0.2) is 56.5 Å². The number of rotatable bonds is 9. The van der Waals surface area contributed by atoms with Gasteiger partial charge in [-0.3, -0.25) is 14.9 Å². The van der Waals surface area contributed by atoms with Crippen LogP contribution in [0.4, 0.5) is 4.79 Å². The molecule has 0 aliphatic rings. The highest BCUT2D eigenvalue weighted by Crippen LogP contribution is 2.06. The van der Waals surface area contributed by atoms with Gasteiger partial charge in [0.15, 0.2) is 0 Å². The van der Waals surface area contributed by atoms with Crippen molar-refractivity contribution in [2.75, 3.05) is 27.4 Å². The van der Waals surface area contributed by atoms with Crippen molar-refractivity contribution in [1.82, 2.24) is 10.6 Å². The molecule has 2 atom stereocenters. The van der Waals surface area contributed by atoms with Gasteiger partial charge in [-0.15, -0.1) is 0 Å². The molecule has 0 aliphatic heterocycles. The van der Waals surface area contributed by atoms with Crippen molar-refractivity contribution in [2.45, 2.75) is 25.9 Å². The minimum absolute atomic E-state index is 0.0223. The first-order chi connectivity index (χ1) is 9.38. The molecule has 0 rings (SSSR count). The molecule has 20 heavy (non-hydrogen) atoms. The first kappa shape index (κ1) is 18.3. The minimum Gasteiger partial charge on any atom is -0.481 e. The van der Waals surface area contributed by atoms with Crippen molar-refractivity contribution < 1.29 is 29.0 Å². The zero-order chi connectivity index (χ0) is 15.5. The maximum atomic E-state index is 11.5. The molecule has 2 unspecified atom stereocenters. The Hall–Kier alpha value is -1.67. The van der Waals surface area contributed by atoms with E-state index in [0.29, 0.717) is 6.61 Å². The average Bonchev–Trinajstić information content (AvgIpc) is 2.32. The van der Waals surface area contributed by atoms with E-state index in [2.05, 4.69) is 10.6 Å². The van der Waals surface area contributed by atoms with Crippen LogP contribution >= 0.6 is 0 Å². The SMILES string of the molecule is COCC(CNC(=O)NC(=O)CC(C)CC(=O)O)OC. The Morgan fingerprint density at radius 2 is 1.85 bits per heavy atom. The topological polar surface area (TPSA) is 114 Å². The molecule has 0 saturated heterocycles. The van der Waals surface area contributed by atoms with Gasteiger partial charge < -0.3 is 19.9 Å². The predicted molar refractivity (Wildman–Crippen MR) is 70.2 cm³/mol. The molecule has 3 N–H and O–H groups in total. The second-order valence-corrected chi connectivity index (χ2v) is 4.48. The van der Waals surface area contributed by atoms with E-state index < -0.39 is 17.9 Å². The van der Waals surface area contributed by atoms with Crippen molar-refractivity contribution in [2.24, 2.45) is 5.92 Å². The van der Waals surface area contributed by atoms with Gasteiger partial charge in [-0.05, 0) is 5.92 Å². The van der Waals surface area contributed by atoms with Crippen LogP contribution in [0, 0.1) is 5.92 Å². The third kappa shape index (κ3) is 9.29. The van der Waals surface area contributed by atoms with Crippen LogP contribution in [-0.2, 0) is 19.1 Å². The van der Waals surface area contributed by atoms with Gasteiger partial charge in [0.1, 0.15) is 0 Å². The first-order valence-corrected chi connectivity index (χ1v) is 6.20. The summed E-state index contributed by atoms with van der Waals surface area (Å²) in [5.41, 5.74) is 0. The Morgan fingerprint density at radius 3 is 2.35 bits per heavy atom. The van der Waals surface area contributed by atoms with Crippen LogP contribution in [0.1, 0.15) is 19.8 Å². The van der Waals surface area contributed by atoms with Crippen LogP contribution in [0.25, 0.3) is 0 Å². The van der Waals surface area contributed by atoms with E-state index in [1.165, 1.54) is 14.2 Å². The fraction of sp³-hybridized carbons (Fsp3) is 0.750. The molecule has 0 spiro atoms. The van der Waals surface area contributed by atoms with Gasteiger partial charge in [0.2, 0.25) is 5.91 Å². The van der Waals surface area contributed by atoms with Crippen LogP contribution < -0.4 is 10.6 Å². The molecule has 0 radical (unpaired) electrons. The second-order valence-electron chi connectivity index (χ2n) is 4.48. The number of hydrogen-bond donors (Lipinski definition) is 3. The average molecular weight is 290 g/mol. The Balaban J connectivity index is 3.95. The summed E-state index contributed by atoms with van der Waals surface area (Å²) < 4.78 is 9.92. The van der Waals surface area contributed by atoms with Crippen LogP contribution in [0.2, 0.25) is 0 Å². The summed E-state index contributed by atoms with van der Waals surface area (Å²) in [7, 11) is 3.00. The van der Waals surface area contributed by atoms with Gasteiger partial charge in [-0.1, -0.05) is 6.92 Å². The molecule has 0 saturated carbocycles. The van der Waals surface area contributed by atoms with Crippen LogP contribution in [0.5, 0.6) is 0 Å². The highest BCUT2D eigenvalue weighted by Gasteiger charge is 2.15. The standard InChI is InChI=1S/C12H22N2O6/c1-8(5-11(16)17)4-10(15)14-12(18)13-6-9(20-3)7-19-2/h8-9H,4-7H2,1-3H3,(H,16,17)(H2,13,14,15,18). The number of methoxy groups -OCH3 is 2. The van der Waals surface area contributed by atoms with Gasteiger partial charge in [0.05, 0.1) is 12.7 Å². The molecule has 8 heteroatoms. The van der Waals surface area contributed by atoms with Gasteiger partial charge >= 0.3 is 12.0 Å². The number of carbonyl (C=O) groups excluding carboxylic acids is 2. The monoisotopic (exact) mass is 290 g/mol. The molecule has 116 valence electrons. The van der Waals surface area contributed by atoms with Crippen molar-refractivity contribution in [3.05, 3.63) is 0 Å².